The standard InChI is InChI=1S/C19H20N2O4S/c1-23-14-7-4-13(5-8-14)6-11-18(22)21-19(26)20-16-12-15(24-2)9-10-17(16)25-3/h4-12H,1-3H3,(H2,20,21,22,26). The number of rotatable bonds is 6. The second kappa shape index (κ2) is 9.43. The number of benzene rings is 2. The van der Waals surface area contributed by atoms with E-state index in [2.05, 4.69) is 10.6 Å². The molecule has 0 heterocycles. The summed E-state index contributed by atoms with van der Waals surface area (Å²) in [6.07, 6.45) is 3.09. The lowest BCUT2D eigenvalue weighted by molar-refractivity contribution is -0.115. The second-order valence-electron chi connectivity index (χ2n) is 5.12. The summed E-state index contributed by atoms with van der Waals surface area (Å²) in [5, 5.41) is 5.66. The monoisotopic (exact) mass is 372 g/mol. The average molecular weight is 372 g/mol. The molecule has 2 aromatic carbocycles. The van der Waals surface area contributed by atoms with Gasteiger partial charge in [0.15, 0.2) is 5.11 Å². The number of anilines is 1. The molecule has 0 saturated carbocycles. The van der Waals surface area contributed by atoms with Gasteiger partial charge in [0, 0.05) is 12.1 Å². The quantitative estimate of drug-likeness (QED) is 0.599. The number of methoxy groups -OCH3 is 3. The Morgan fingerprint density at radius 3 is 2.23 bits per heavy atom. The topological polar surface area (TPSA) is 68.8 Å². The third-order valence-corrected chi connectivity index (χ3v) is 3.64. The molecule has 0 bridgehead atoms. The van der Waals surface area contributed by atoms with Crippen molar-refractivity contribution in [3.05, 3.63) is 54.1 Å². The number of nitrogens with one attached hydrogen (secondary N) is 2. The van der Waals surface area contributed by atoms with Crippen molar-refractivity contribution in [2.24, 2.45) is 0 Å². The summed E-state index contributed by atoms with van der Waals surface area (Å²) in [6.45, 7) is 0. The first-order valence-corrected chi connectivity index (χ1v) is 8.12. The minimum Gasteiger partial charge on any atom is -0.497 e. The third kappa shape index (κ3) is 5.49. The molecular weight excluding hydrogens is 352 g/mol. The molecule has 0 aromatic heterocycles. The van der Waals surface area contributed by atoms with Crippen molar-refractivity contribution in [1.29, 1.82) is 0 Å². The van der Waals surface area contributed by atoms with E-state index in [1.807, 2.05) is 24.3 Å². The number of carbonyl (C=O) groups is 1. The van der Waals surface area contributed by atoms with Gasteiger partial charge in [0.05, 0.1) is 27.0 Å². The molecule has 0 fully saturated rings. The molecule has 26 heavy (non-hydrogen) atoms. The molecule has 6 nitrogen and oxygen atoms in total. The minimum atomic E-state index is -0.347. The Morgan fingerprint density at radius 2 is 1.62 bits per heavy atom. The predicted molar refractivity (Wildman–Crippen MR) is 106 cm³/mol. The van der Waals surface area contributed by atoms with E-state index in [9.17, 15) is 4.79 Å². The number of ether oxygens (including phenoxy) is 3. The lowest BCUT2D eigenvalue weighted by atomic mass is 10.2. The first-order valence-electron chi connectivity index (χ1n) is 7.72. The highest BCUT2D eigenvalue weighted by Crippen LogP contribution is 2.28. The molecule has 2 N–H and O–H groups in total. The fourth-order valence-corrected chi connectivity index (χ4v) is 2.32. The molecular formula is C19H20N2O4S. The Bertz CT molecular complexity index is 804. The molecule has 0 saturated heterocycles. The van der Waals surface area contributed by atoms with Crippen molar-refractivity contribution in [1.82, 2.24) is 5.32 Å². The van der Waals surface area contributed by atoms with E-state index in [1.54, 1.807) is 45.6 Å². The SMILES string of the molecule is COc1ccc(C=CC(=O)NC(=S)Nc2cc(OC)ccc2OC)cc1. The van der Waals surface area contributed by atoms with Gasteiger partial charge in [-0.1, -0.05) is 12.1 Å². The normalized spacial score (nSPS) is 10.3. The highest BCUT2D eigenvalue weighted by molar-refractivity contribution is 7.80. The fourth-order valence-electron chi connectivity index (χ4n) is 2.11. The van der Waals surface area contributed by atoms with E-state index >= 15 is 0 Å². The molecule has 0 aliphatic heterocycles. The molecule has 2 rings (SSSR count). The maximum atomic E-state index is 12.0. The number of thiocarbonyl (C=S) groups is 1. The molecule has 0 spiro atoms. The van der Waals surface area contributed by atoms with Crippen LogP contribution in [0.3, 0.4) is 0 Å². The smallest absolute Gasteiger partial charge is 0.250 e. The highest BCUT2D eigenvalue weighted by atomic mass is 32.1. The van der Waals surface area contributed by atoms with E-state index in [4.69, 9.17) is 26.4 Å². The van der Waals surface area contributed by atoms with E-state index in [0.717, 1.165) is 11.3 Å². The van der Waals surface area contributed by atoms with Gasteiger partial charge in [0.25, 0.3) is 0 Å². The molecule has 0 atom stereocenters. The molecule has 2 aromatic rings. The van der Waals surface area contributed by atoms with Crippen molar-refractivity contribution in [3.63, 3.8) is 0 Å². The number of amides is 1. The van der Waals surface area contributed by atoms with Crippen molar-refractivity contribution in [2.75, 3.05) is 26.6 Å². The largest absolute Gasteiger partial charge is 0.497 e. The van der Waals surface area contributed by atoms with Crippen LogP contribution in [0, 0.1) is 0 Å². The Hall–Kier alpha value is -3.06. The molecule has 7 heteroatoms. The average Bonchev–Trinajstić information content (AvgIpc) is 2.66. The Labute approximate surface area is 157 Å². The summed E-state index contributed by atoms with van der Waals surface area (Å²) in [4.78, 5) is 12.0. The van der Waals surface area contributed by atoms with E-state index in [1.165, 1.54) is 6.08 Å². The van der Waals surface area contributed by atoms with Gasteiger partial charge < -0.3 is 19.5 Å². The van der Waals surface area contributed by atoms with Crippen LogP contribution in [0.5, 0.6) is 17.2 Å². The zero-order chi connectivity index (χ0) is 18.9. The molecule has 0 unspecified atom stereocenters. The zero-order valence-corrected chi connectivity index (χ0v) is 15.6. The first kappa shape index (κ1) is 19.3. The number of hydrogen-bond acceptors (Lipinski definition) is 5. The van der Waals surface area contributed by atoms with Gasteiger partial charge in [0.1, 0.15) is 17.2 Å². The lowest BCUT2D eigenvalue weighted by Crippen LogP contribution is -2.32. The summed E-state index contributed by atoms with van der Waals surface area (Å²) >= 11 is 5.17. The molecule has 0 aliphatic carbocycles. The summed E-state index contributed by atoms with van der Waals surface area (Å²) in [5.74, 6) is 1.63. The van der Waals surface area contributed by atoms with Gasteiger partial charge in [-0.05, 0) is 48.1 Å². The highest BCUT2D eigenvalue weighted by Gasteiger charge is 2.08. The molecule has 136 valence electrons. The Morgan fingerprint density at radius 1 is 0.962 bits per heavy atom. The van der Waals surface area contributed by atoms with Crippen molar-refractivity contribution in [3.8, 4) is 17.2 Å². The minimum absolute atomic E-state index is 0.154. The maximum Gasteiger partial charge on any atom is 0.250 e. The van der Waals surface area contributed by atoms with Crippen LogP contribution in [-0.2, 0) is 4.79 Å². The number of carbonyl (C=O) groups excluding carboxylic acids is 1. The Kier molecular flexibility index (Phi) is 6.99. The van der Waals surface area contributed by atoms with Crippen LogP contribution >= 0.6 is 12.2 Å². The Balaban J connectivity index is 1.96. The van der Waals surface area contributed by atoms with Crippen LogP contribution in [0.2, 0.25) is 0 Å². The predicted octanol–water partition coefficient (Wildman–Crippen LogP) is 3.24. The summed E-state index contributed by atoms with van der Waals surface area (Å²) < 4.78 is 15.5. The van der Waals surface area contributed by atoms with Gasteiger partial charge in [-0.3, -0.25) is 10.1 Å². The van der Waals surface area contributed by atoms with Gasteiger partial charge in [0.2, 0.25) is 5.91 Å². The lowest BCUT2D eigenvalue weighted by Gasteiger charge is -2.13. The van der Waals surface area contributed by atoms with Crippen LogP contribution < -0.4 is 24.8 Å². The van der Waals surface area contributed by atoms with Crippen LogP contribution in [0.15, 0.2) is 48.5 Å². The van der Waals surface area contributed by atoms with Gasteiger partial charge >= 0.3 is 0 Å². The molecule has 1 amide bonds. The molecule has 0 radical (unpaired) electrons. The summed E-state index contributed by atoms with van der Waals surface area (Å²) in [6, 6.07) is 12.6. The van der Waals surface area contributed by atoms with E-state index < -0.39 is 0 Å². The summed E-state index contributed by atoms with van der Waals surface area (Å²) in [5.41, 5.74) is 1.46. The van der Waals surface area contributed by atoms with Crippen LogP contribution in [0.1, 0.15) is 5.56 Å². The van der Waals surface area contributed by atoms with E-state index in [-0.39, 0.29) is 11.0 Å². The molecule has 0 aliphatic rings. The van der Waals surface area contributed by atoms with Crippen molar-refractivity contribution < 1.29 is 19.0 Å². The number of hydrogen-bond donors (Lipinski definition) is 2. The van der Waals surface area contributed by atoms with Gasteiger partial charge in [-0.25, -0.2) is 0 Å². The van der Waals surface area contributed by atoms with Crippen LogP contribution in [0.25, 0.3) is 6.08 Å². The fraction of sp³-hybridized carbons (Fsp3) is 0.158. The first-order chi connectivity index (χ1) is 12.5. The zero-order valence-electron chi connectivity index (χ0n) is 14.7. The summed E-state index contributed by atoms with van der Waals surface area (Å²) in [7, 11) is 4.71. The van der Waals surface area contributed by atoms with Crippen LogP contribution in [0.4, 0.5) is 5.69 Å². The van der Waals surface area contributed by atoms with Gasteiger partial charge in [-0.2, -0.15) is 0 Å². The van der Waals surface area contributed by atoms with Crippen molar-refractivity contribution >= 4 is 35.0 Å². The maximum absolute atomic E-state index is 12.0. The van der Waals surface area contributed by atoms with Crippen LogP contribution in [-0.4, -0.2) is 32.3 Å². The third-order valence-electron chi connectivity index (χ3n) is 3.43. The van der Waals surface area contributed by atoms with Gasteiger partial charge in [-0.15, -0.1) is 0 Å². The van der Waals surface area contributed by atoms with E-state index in [0.29, 0.717) is 17.2 Å². The second-order valence-corrected chi connectivity index (χ2v) is 5.52. The van der Waals surface area contributed by atoms with Crippen molar-refractivity contribution in [2.45, 2.75) is 0 Å².